The van der Waals surface area contributed by atoms with Crippen LogP contribution in [0.15, 0.2) is 22.7 Å². The van der Waals surface area contributed by atoms with Gasteiger partial charge in [0.2, 0.25) is 0 Å². The average molecular weight is 367 g/mol. The zero-order valence-corrected chi connectivity index (χ0v) is 15.4. The highest BCUT2D eigenvalue weighted by Crippen LogP contribution is 2.37. The summed E-state index contributed by atoms with van der Waals surface area (Å²) in [5.41, 5.74) is 1.83. The molecule has 5 heteroatoms. The van der Waals surface area contributed by atoms with Crippen LogP contribution in [0.3, 0.4) is 0 Å². The number of hydrogen-bond acceptors (Lipinski definition) is 3. The van der Waals surface area contributed by atoms with Crippen molar-refractivity contribution in [3.8, 4) is 0 Å². The van der Waals surface area contributed by atoms with Gasteiger partial charge in [0.15, 0.2) is 0 Å². The van der Waals surface area contributed by atoms with Crippen LogP contribution in [0.1, 0.15) is 52.0 Å². The largest absolute Gasteiger partial charge is 0.494 e. The molecule has 2 fully saturated rings. The van der Waals surface area contributed by atoms with Crippen LogP contribution in [0.2, 0.25) is 0 Å². The molecule has 0 aromatic heterocycles. The first-order chi connectivity index (χ1) is 10.3. The highest BCUT2D eigenvalue weighted by atomic mass is 79.9. The first-order valence-corrected chi connectivity index (χ1v) is 8.81. The summed E-state index contributed by atoms with van der Waals surface area (Å²) < 4.78 is 18.9. The molecule has 0 amide bonds. The maximum Gasteiger partial charge on any atom is 0.494 e. The van der Waals surface area contributed by atoms with Crippen LogP contribution in [0, 0.1) is 0 Å². The molecule has 120 valence electrons. The Hall–Kier alpha value is -0.355. The molecule has 1 aromatic carbocycles. The van der Waals surface area contributed by atoms with Gasteiger partial charge in [0.05, 0.1) is 11.2 Å². The SMILES string of the molecule is CC1(C)OB(c2cc(Br)cc(C3CCOCC3)c2)OC1(C)C. The molecule has 1 aromatic rings. The van der Waals surface area contributed by atoms with Gasteiger partial charge in [0.25, 0.3) is 0 Å². The molecule has 0 saturated carbocycles. The Balaban J connectivity index is 1.87. The van der Waals surface area contributed by atoms with E-state index in [9.17, 15) is 0 Å². The van der Waals surface area contributed by atoms with Gasteiger partial charge in [-0.3, -0.25) is 0 Å². The summed E-state index contributed by atoms with van der Waals surface area (Å²) in [5.74, 6) is 0.562. The third-order valence-electron chi connectivity index (χ3n) is 5.16. The lowest BCUT2D eigenvalue weighted by Crippen LogP contribution is -2.41. The summed E-state index contributed by atoms with van der Waals surface area (Å²) in [6.07, 6.45) is 2.17. The van der Waals surface area contributed by atoms with Crippen molar-refractivity contribution in [1.82, 2.24) is 0 Å². The van der Waals surface area contributed by atoms with Gasteiger partial charge < -0.3 is 14.0 Å². The summed E-state index contributed by atoms with van der Waals surface area (Å²) in [5, 5.41) is 0. The van der Waals surface area contributed by atoms with Crippen LogP contribution in [-0.2, 0) is 14.0 Å². The summed E-state index contributed by atoms with van der Waals surface area (Å²) in [6, 6.07) is 6.55. The summed E-state index contributed by atoms with van der Waals surface area (Å²) >= 11 is 3.64. The van der Waals surface area contributed by atoms with Crippen molar-refractivity contribution in [2.75, 3.05) is 13.2 Å². The molecule has 0 radical (unpaired) electrons. The Labute approximate surface area is 142 Å². The van der Waals surface area contributed by atoms with E-state index in [2.05, 4.69) is 61.8 Å². The standard InChI is InChI=1S/C17H24BBrO3/c1-16(2)17(3,4)22-18(21-16)14-9-13(10-15(19)11-14)12-5-7-20-8-6-12/h9-12H,5-8H2,1-4H3. The average Bonchev–Trinajstić information content (AvgIpc) is 2.68. The van der Waals surface area contributed by atoms with Crippen LogP contribution < -0.4 is 5.46 Å². The van der Waals surface area contributed by atoms with Crippen LogP contribution in [-0.4, -0.2) is 31.5 Å². The van der Waals surface area contributed by atoms with E-state index in [4.69, 9.17) is 14.0 Å². The maximum absolute atomic E-state index is 6.18. The van der Waals surface area contributed by atoms with Gasteiger partial charge in [0.1, 0.15) is 0 Å². The lowest BCUT2D eigenvalue weighted by atomic mass is 9.76. The molecule has 0 bridgehead atoms. The van der Waals surface area contributed by atoms with Crippen LogP contribution in [0.4, 0.5) is 0 Å². The summed E-state index contributed by atoms with van der Waals surface area (Å²) in [4.78, 5) is 0. The van der Waals surface area contributed by atoms with Crippen LogP contribution in [0.25, 0.3) is 0 Å². The lowest BCUT2D eigenvalue weighted by molar-refractivity contribution is 0.00578. The fourth-order valence-electron chi connectivity index (χ4n) is 3.02. The number of rotatable bonds is 2. The fraction of sp³-hybridized carbons (Fsp3) is 0.647. The minimum Gasteiger partial charge on any atom is -0.399 e. The van der Waals surface area contributed by atoms with E-state index >= 15 is 0 Å². The molecule has 0 spiro atoms. The van der Waals surface area contributed by atoms with Crippen molar-refractivity contribution < 1.29 is 14.0 Å². The Kier molecular flexibility index (Phi) is 4.45. The molecule has 3 nitrogen and oxygen atoms in total. The van der Waals surface area contributed by atoms with Gasteiger partial charge in [-0.05, 0) is 69.6 Å². The predicted molar refractivity (Wildman–Crippen MR) is 92.7 cm³/mol. The Bertz CT molecular complexity index is 537. The number of ether oxygens (including phenoxy) is 1. The second kappa shape index (κ2) is 5.93. The Morgan fingerprint density at radius 3 is 2.18 bits per heavy atom. The summed E-state index contributed by atoms with van der Waals surface area (Å²) in [7, 11) is -0.305. The number of hydrogen-bond donors (Lipinski definition) is 0. The van der Waals surface area contributed by atoms with Gasteiger partial charge >= 0.3 is 7.12 Å². The van der Waals surface area contributed by atoms with E-state index in [1.54, 1.807) is 0 Å². The first kappa shape index (κ1) is 16.5. The maximum atomic E-state index is 6.18. The zero-order chi connectivity index (χ0) is 16.0. The van der Waals surface area contributed by atoms with Crippen molar-refractivity contribution in [3.05, 3.63) is 28.2 Å². The van der Waals surface area contributed by atoms with E-state index < -0.39 is 0 Å². The summed E-state index contributed by atoms with van der Waals surface area (Å²) in [6.45, 7) is 10.1. The Morgan fingerprint density at radius 2 is 1.59 bits per heavy atom. The monoisotopic (exact) mass is 366 g/mol. The lowest BCUT2D eigenvalue weighted by Gasteiger charge is -2.32. The van der Waals surface area contributed by atoms with E-state index in [1.807, 2.05) is 0 Å². The molecule has 2 heterocycles. The van der Waals surface area contributed by atoms with E-state index in [1.165, 1.54) is 5.56 Å². The molecule has 0 N–H and O–H groups in total. The fourth-order valence-corrected chi connectivity index (χ4v) is 3.55. The molecule has 2 aliphatic rings. The quantitative estimate of drug-likeness (QED) is 0.748. The number of halogens is 1. The molecule has 2 saturated heterocycles. The van der Waals surface area contributed by atoms with E-state index in [0.717, 1.165) is 36.0 Å². The topological polar surface area (TPSA) is 27.7 Å². The predicted octanol–water partition coefficient (Wildman–Crippen LogP) is 3.64. The highest BCUT2D eigenvalue weighted by molar-refractivity contribution is 9.10. The molecular weight excluding hydrogens is 343 g/mol. The van der Waals surface area contributed by atoms with Crippen molar-refractivity contribution in [2.24, 2.45) is 0 Å². The Morgan fingerprint density at radius 1 is 1.00 bits per heavy atom. The molecule has 3 rings (SSSR count). The molecule has 2 aliphatic heterocycles. The van der Waals surface area contributed by atoms with E-state index in [0.29, 0.717) is 5.92 Å². The molecule has 0 atom stereocenters. The smallest absolute Gasteiger partial charge is 0.399 e. The third-order valence-corrected chi connectivity index (χ3v) is 5.62. The van der Waals surface area contributed by atoms with Crippen LogP contribution >= 0.6 is 15.9 Å². The van der Waals surface area contributed by atoms with Gasteiger partial charge in [-0.2, -0.15) is 0 Å². The minimum atomic E-state index is -0.307. The minimum absolute atomic E-state index is 0.305. The third kappa shape index (κ3) is 3.14. The molecule has 0 aliphatic carbocycles. The van der Waals surface area contributed by atoms with Gasteiger partial charge in [-0.15, -0.1) is 0 Å². The zero-order valence-electron chi connectivity index (χ0n) is 13.8. The molecular formula is C17H24BBrO3. The highest BCUT2D eigenvalue weighted by Gasteiger charge is 2.51. The van der Waals surface area contributed by atoms with Gasteiger partial charge in [0, 0.05) is 17.7 Å². The van der Waals surface area contributed by atoms with E-state index in [-0.39, 0.29) is 18.3 Å². The van der Waals surface area contributed by atoms with Crippen LogP contribution in [0.5, 0.6) is 0 Å². The molecule has 0 unspecified atom stereocenters. The second-order valence-corrected chi connectivity index (χ2v) is 8.21. The normalized spacial score (nSPS) is 24.7. The van der Waals surface area contributed by atoms with Crippen molar-refractivity contribution in [2.45, 2.75) is 57.7 Å². The van der Waals surface area contributed by atoms with Gasteiger partial charge in [-0.1, -0.05) is 22.0 Å². The second-order valence-electron chi connectivity index (χ2n) is 7.29. The number of benzene rings is 1. The van der Waals surface area contributed by atoms with Crippen molar-refractivity contribution in [1.29, 1.82) is 0 Å². The molecule has 22 heavy (non-hydrogen) atoms. The first-order valence-electron chi connectivity index (χ1n) is 8.02. The van der Waals surface area contributed by atoms with Gasteiger partial charge in [-0.25, -0.2) is 0 Å². The van der Waals surface area contributed by atoms with Crippen molar-refractivity contribution >= 4 is 28.5 Å². The van der Waals surface area contributed by atoms with Crippen molar-refractivity contribution in [3.63, 3.8) is 0 Å².